The Balaban J connectivity index is 1.19. The zero-order valence-electron chi connectivity index (χ0n) is 20.4. The highest BCUT2D eigenvalue weighted by atomic mass is 16.5. The number of nitrogens with two attached hydrogens (primary N) is 1. The van der Waals surface area contributed by atoms with Gasteiger partial charge in [0, 0.05) is 23.6 Å². The fraction of sp³-hybridized carbons (Fsp3) is 0.607. The van der Waals surface area contributed by atoms with Gasteiger partial charge < -0.3 is 15.8 Å². The van der Waals surface area contributed by atoms with Gasteiger partial charge in [0.15, 0.2) is 6.04 Å². The Morgan fingerprint density at radius 3 is 2.79 bits per heavy atom. The number of hydrogen-bond donors (Lipinski definition) is 3. The summed E-state index contributed by atoms with van der Waals surface area (Å²) < 4.78 is 6.81. The molecule has 6 nitrogen and oxygen atoms in total. The fourth-order valence-electron chi connectivity index (χ4n) is 6.98. The number of hydrogen-bond acceptors (Lipinski definition) is 6. The largest absolute Gasteiger partial charge is 0.373 e. The Hall–Kier alpha value is -2.31. The molecule has 1 aliphatic heterocycles. The second-order valence-electron chi connectivity index (χ2n) is 11.6. The maximum Gasteiger partial charge on any atom is 0.222 e. The van der Waals surface area contributed by atoms with Crippen LogP contribution in [0.5, 0.6) is 0 Å². The second-order valence-corrected chi connectivity index (χ2v) is 11.6. The Morgan fingerprint density at radius 1 is 1.12 bits per heavy atom. The fourth-order valence-corrected chi connectivity index (χ4v) is 6.98. The van der Waals surface area contributed by atoms with Gasteiger partial charge in [-0.2, -0.15) is 4.98 Å². The van der Waals surface area contributed by atoms with Crippen LogP contribution in [-0.4, -0.2) is 39.8 Å². The lowest BCUT2D eigenvalue weighted by molar-refractivity contribution is -0.0922. The van der Waals surface area contributed by atoms with E-state index in [0.717, 1.165) is 30.8 Å². The molecule has 3 aliphatic carbocycles. The summed E-state index contributed by atoms with van der Waals surface area (Å²) in [5.74, 6) is 2.74. The Kier molecular flexibility index (Phi) is 5.69. The van der Waals surface area contributed by atoms with E-state index in [1.54, 1.807) is 0 Å². The van der Waals surface area contributed by atoms with Crippen LogP contribution in [0.1, 0.15) is 69.5 Å². The molecule has 180 valence electrons. The SMILES string of the molecule is CC(C)(Cc1ccccc1)Nc1cc(C2CC3[CH+]C4NC5CCCCC5OC(C2)C34)nc(N)n1. The highest BCUT2D eigenvalue weighted by molar-refractivity contribution is 5.44. The van der Waals surface area contributed by atoms with Crippen molar-refractivity contribution < 1.29 is 4.74 Å². The summed E-state index contributed by atoms with van der Waals surface area (Å²) in [5.41, 5.74) is 8.42. The summed E-state index contributed by atoms with van der Waals surface area (Å²) in [6.07, 6.45) is 11.3. The van der Waals surface area contributed by atoms with E-state index in [9.17, 15) is 0 Å². The summed E-state index contributed by atoms with van der Waals surface area (Å²) in [6, 6.07) is 13.7. The Bertz CT molecular complexity index is 1010. The number of ether oxygens (including phenoxy) is 1. The van der Waals surface area contributed by atoms with Crippen molar-refractivity contribution in [3.63, 3.8) is 0 Å². The van der Waals surface area contributed by atoms with Crippen molar-refractivity contribution in [1.29, 1.82) is 0 Å². The molecule has 0 spiro atoms. The van der Waals surface area contributed by atoms with Gasteiger partial charge >= 0.3 is 0 Å². The second kappa shape index (κ2) is 8.72. The minimum absolute atomic E-state index is 0.155. The standard InChI is InChI=1S/C28H38N5O/c1-28(2,16-17-8-4-3-5-9-17)33-25-15-21(31-27(29)32-25)18-12-19-13-22-26(19)24(14-18)34-23-11-7-6-10-20(23)30-22/h3-5,8-9,13,15,18-20,22-24,26,30H,6-7,10-12,14,16H2,1-2H3,(H3,29,31,32,33)/q+1. The van der Waals surface area contributed by atoms with E-state index >= 15 is 0 Å². The van der Waals surface area contributed by atoms with Gasteiger partial charge in [0.25, 0.3) is 0 Å². The first kappa shape index (κ1) is 22.2. The van der Waals surface area contributed by atoms with Crippen LogP contribution >= 0.6 is 0 Å². The Labute approximate surface area is 203 Å². The molecule has 34 heavy (non-hydrogen) atoms. The number of rotatable bonds is 5. The monoisotopic (exact) mass is 460 g/mol. The zero-order chi connectivity index (χ0) is 23.3. The quantitative estimate of drug-likeness (QED) is 0.570. The van der Waals surface area contributed by atoms with Crippen LogP contribution in [0.25, 0.3) is 0 Å². The van der Waals surface area contributed by atoms with Gasteiger partial charge in [0.1, 0.15) is 11.7 Å². The zero-order valence-corrected chi connectivity index (χ0v) is 20.4. The van der Waals surface area contributed by atoms with E-state index in [4.69, 9.17) is 15.5 Å². The number of nitrogen functional groups attached to an aromatic ring is 1. The van der Waals surface area contributed by atoms with Gasteiger partial charge in [0.2, 0.25) is 5.95 Å². The third-order valence-electron chi connectivity index (χ3n) is 8.46. The molecule has 6 rings (SSSR count). The van der Waals surface area contributed by atoms with Gasteiger partial charge in [-0.3, -0.25) is 5.32 Å². The molecule has 6 heteroatoms. The van der Waals surface area contributed by atoms with E-state index in [1.807, 2.05) is 0 Å². The average Bonchev–Trinajstić information content (AvgIpc) is 2.92. The summed E-state index contributed by atoms with van der Waals surface area (Å²) in [7, 11) is 0. The number of benzene rings is 1. The van der Waals surface area contributed by atoms with E-state index in [-0.39, 0.29) is 5.54 Å². The first-order valence-corrected chi connectivity index (χ1v) is 13.2. The molecule has 0 amide bonds. The molecule has 4 N–H and O–H groups in total. The van der Waals surface area contributed by atoms with Crippen LogP contribution in [0.15, 0.2) is 36.4 Å². The third-order valence-corrected chi connectivity index (χ3v) is 8.46. The van der Waals surface area contributed by atoms with Crippen molar-refractivity contribution in [2.45, 2.75) is 94.5 Å². The normalized spacial score (nSPS) is 34.6. The molecule has 1 aromatic heterocycles. The number of aromatic nitrogens is 2. The molecule has 7 unspecified atom stereocenters. The average molecular weight is 461 g/mol. The van der Waals surface area contributed by atoms with Gasteiger partial charge in [-0.05, 0) is 51.5 Å². The third kappa shape index (κ3) is 4.38. The van der Waals surface area contributed by atoms with Gasteiger partial charge in [-0.15, -0.1) is 0 Å². The minimum atomic E-state index is -0.155. The van der Waals surface area contributed by atoms with Crippen LogP contribution in [0.4, 0.5) is 11.8 Å². The van der Waals surface area contributed by atoms with Crippen molar-refractivity contribution >= 4 is 11.8 Å². The summed E-state index contributed by atoms with van der Waals surface area (Å²) in [4.78, 5) is 9.25. The molecule has 1 aromatic carbocycles. The maximum absolute atomic E-state index is 6.81. The van der Waals surface area contributed by atoms with E-state index in [2.05, 4.69) is 72.3 Å². The number of fused-ring (bicyclic) bond motifs is 1. The predicted octanol–water partition coefficient (Wildman–Crippen LogP) is 4.49. The van der Waals surface area contributed by atoms with E-state index < -0.39 is 0 Å². The number of nitrogens with zero attached hydrogens (tertiary/aromatic N) is 2. The molecule has 3 saturated carbocycles. The number of nitrogens with one attached hydrogen (secondary N) is 2. The van der Waals surface area contributed by atoms with Crippen molar-refractivity contribution in [2.24, 2.45) is 11.8 Å². The first-order valence-electron chi connectivity index (χ1n) is 13.2. The van der Waals surface area contributed by atoms with E-state index in [0.29, 0.717) is 48.0 Å². The summed E-state index contributed by atoms with van der Waals surface area (Å²) in [6.45, 7) is 4.42. The lowest BCUT2D eigenvalue weighted by Gasteiger charge is -2.45. The van der Waals surface area contributed by atoms with Crippen molar-refractivity contribution in [1.82, 2.24) is 15.3 Å². The van der Waals surface area contributed by atoms with Crippen molar-refractivity contribution in [3.05, 3.63) is 54.1 Å². The lowest BCUT2D eigenvalue weighted by atomic mass is 9.58. The predicted molar refractivity (Wildman–Crippen MR) is 135 cm³/mol. The molecule has 0 radical (unpaired) electrons. The molecular formula is C28H38N5O+. The molecule has 2 heterocycles. The van der Waals surface area contributed by atoms with Crippen LogP contribution in [0.3, 0.4) is 0 Å². The number of anilines is 2. The van der Waals surface area contributed by atoms with Crippen LogP contribution in [-0.2, 0) is 11.2 Å². The molecule has 0 bridgehead atoms. The maximum atomic E-state index is 6.81. The first-order chi connectivity index (χ1) is 16.4. The van der Waals surface area contributed by atoms with E-state index in [1.165, 1.54) is 31.2 Å². The highest BCUT2D eigenvalue weighted by Gasteiger charge is 2.61. The topological polar surface area (TPSA) is 85.1 Å². The molecule has 2 aromatic rings. The molecule has 1 saturated heterocycles. The van der Waals surface area contributed by atoms with Gasteiger partial charge in [-0.25, -0.2) is 4.98 Å². The van der Waals surface area contributed by atoms with Crippen LogP contribution in [0.2, 0.25) is 0 Å². The van der Waals surface area contributed by atoms with Crippen LogP contribution in [0, 0.1) is 18.3 Å². The molecule has 7 atom stereocenters. The molecular weight excluding hydrogens is 422 g/mol. The van der Waals surface area contributed by atoms with Crippen LogP contribution < -0.4 is 16.4 Å². The molecule has 4 fully saturated rings. The van der Waals surface area contributed by atoms with Crippen molar-refractivity contribution in [2.75, 3.05) is 11.1 Å². The smallest absolute Gasteiger partial charge is 0.222 e. The summed E-state index contributed by atoms with van der Waals surface area (Å²) in [5, 5.41) is 7.56. The van der Waals surface area contributed by atoms with Gasteiger partial charge in [-0.1, -0.05) is 43.2 Å². The summed E-state index contributed by atoms with van der Waals surface area (Å²) >= 11 is 0. The molecule has 4 aliphatic rings. The lowest BCUT2D eigenvalue weighted by Crippen LogP contribution is -2.58. The minimum Gasteiger partial charge on any atom is -0.373 e. The highest BCUT2D eigenvalue weighted by Crippen LogP contribution is 2.52. The Morgan fingerprint density at radius 2 is 1.94 bits per heavy atom. The van der Waals surface area contributed by atoms with Crippen molar-refractivity contribution in [3.8, 4) is 0 Å². The van der Waals surface area contributed by atoms with Gasteiger partial charge in [0.05, 0.1) is 30.2 Å².